The van der Waals surface area contributed by atoms with Crippen LogP contribution in [0.3, 0.4) is 0 Å². The van der Waals surface area contributed by atoms with Gasteiger partial charge in [-0.05, 0) is 31.7 Å². The van der Waals surface area contributed by atoms with Gasteiger partial charge < -0.3 is 10.4 Å². The van der Waals surface area contributed by atoms with Crippen LogP contribution in [0.2, 0.25) is 0 Å². The molecule has 0 amide bonds. The molecule has 1 rings (SSSR count). The summed E-state index contributed by atoms with van der Waals surface area (Å²) in [6.07, 6.45) is 6.18. The van der Waals surface area contributed by atoms with Crippen molar-refractivity contribution in [1.82, 2.24) is 5.32 Å². The topological polar surface area (TPSA) is 32.3 Å². The van der Waals surface area contributed by atoms with Crippen molar-refractivity contribution in [3.63, 3.8) is 0 Å². The number of aliphatic hydroxyl groups excluding tert-OH is 1. The van der Waals surface area contributed by atoms with E-state index < -0.39 is 0 Å². The Hall–Kier alpha value is -0.0800. The molecule has 1 fully saturated rings. The van der Waals surface area contributed by atoms with Gasteiger partial charge in [-0.3, -0.25) is 0 Å². The lowest BCUT2D eigenvalue weighted by atomic mass is 9.94. The van der Waals surface area contributed by atoms with Crippen molar-refractivity contribution in [1.29, 1.82) is 0 Å². The molecule has 2 nitrogen and oxygen atoms in total. The molecular weight excluding hydrogens is 162 g/mol. The number of hydrogen-bond donors (Lipinski definition) is 2. The normalized spacial score (nSPS) is 17.8. The fraction of sp³-hybridized carbons (Fsp3) is 1.00. The van der Waals surface area contributed by atoms with Gasteiger partial charge in [0.15, 0.2) is 0 Å². The van der Waals surface area contributed by atoms with Gasteiger partial charge in [0, 0.05) is 5.54 Å². The quantitative estimate of drug-likeness (QED) is 0.635. The van der Waals surface area contributed by atoms with E-state index in [2.05, 4.69) is 19.2 Å². The van der Waals surface area contributed by atoms with Gasteiger partial charge in [-0.1, -0.05) is 26.7 Å². The molecule has 78 valence electrons. The highest BCUT2D eigenvalue weighted by atomic mass is 16.3. The molecular formula is C11H23NO. The van der Waals surface area contributed by atoms with Gasteiger partial charge in [0.05, 0.1) is 6.61 Å². The zero-order valence-corrected chi connectivity index (χ0v) is 8.97. The monoisotopic (exact) mass is 185 g/mol. The van der Waals surface area contributed by atoms with E-state index >= 15 is 0 Å². The molecule has 0 spiro atoms. The number of rotatable bonds is 7. The van der Waals surface area contributed by atoms with Crippen molar-refractivity contribution < 1.29 is 5.11 Å². The van der Waals surface area contributed by atoms with Gasteiger partial charge >= 0.3 is 0 Å². The van der Waals surface area contributed by atoms with E-state index in [1.165, 1.54) is 19.3 Å². The van der Waals surface area contributed by atoms with Crippen LogP contribution in [-0.2, 0) is 0 Å². The fourth-order valence-corrected chi connectivity index (χ4v) is 1.73. The Labute approximate surface area is 81.7 Å². The third-order valence-electron chi connectivity index (χ3n) is 3.41. The smallest absolute Gasteiger partial charge is 0.0613 e. The molecule has 0 bridgehead atoms. The van der Waals surface area contributed by atoms with Crippen LogP contribution >= 0.6 is 0 Å². The Kier molecular flexibility index (Phi) is 4.20. The molecule has 1 aliphatic rings. The van der Waals surface area contributed by atoms with Crippen LogP contribution in [0.15, 0.2) is 0 Å². The molecule has 1 aliphatic carbocycles. The zero-order valence-electron chi connectivity index (χ0n) is 8.97. The highest BCUT2D eigenvalue weighted by molar-refractivity contribution is 4.85. The van der Waals surface area contributed by atoms with Crippen molar-refractivity contribution in [3.8, 4) is 0 Å². The van der Waals surface area contributed by atoms with E-state index in [0.29, 0.717) is 0 Å². The molecule has 0 aromatic rings. The highest BCUT2D eigenvalue weighted by Crippen LogP contribution is 2.32. The lowest BCUT2D eigenvalue weighted by molar-refractivity contribution is 0.150. The molecule has 0 aromatic carbocycles. The first-order chi connectivity index (χ1) is 6.26. The average molecular weight is 185 g/mol. The predicted octanol–water partition coefficient (Wildman–Crippen LogP) is 1.93. The van der Waals surface area contributed by atoms with Gasteiger partial charge in [0.1, 0.15) is 0 Å². The summed E-state index contributed by atoms with van der Waals surface area (Å²) >= 11 is 0. The second-order valence-electron chi connectivity index (χ2n) is 4.30. The van der Waals surface area contributed by atoms with Crippen LogP contribution in [0.4, 0.5) is 0 Å². The molecule has 2 heteroatoms. The van der Waals surface area contributed by atoms with E-state index in [1.807, 2.05) is 0 Å². The number of aliphatic hydroxyl groups is 1. The Balaban J connectivity index is 2.19. The van der Waals surface area contributed by atoms with Gasteiger partial charge in [-0.25, -0.2) is 0 Å². The van der Waals surface area contributed by atoms with E-state index in [9.17, 15) is 5.11 Å². The summed E-state index contributed by atoms with van der Waals surface area (Å²) in [5, 5.41) is 12.8. The SMILES string of the molecule is CCC(CC)(CO)NCCC1CC1. The third-order valence-corrected chi connectivity index (χ3v) is 3.41. The molecule has 0 unspecified atom stereocenters. The summed E-state index contributed by atoms with van der Waals surface area (Å²) in [5.74, 6) is 0.984. The summed E-state index contributed by atoms with van der Waals surface area (Å²) < 4.78 is 0. The van der Waals surface area contributed by atoms with E-state index in [-0.39, 0.29) is 12.1 Å². The second-order valence-corrected chi connectivity index (χ2v) is 4.30. The van der Waals surface area contributed by atoms with E-state index in [1.54, 1.807) is 0 Å². The molecule has 0 heterocycles. The molecule has 2 N–H and O–H groups in total. The Morgan fingerprint density at radius 1 is 1.31 bits per heavy atom. The first-order valence-electron chi connectivity index (χ1n) is 5.62. The fourth-order valence-electron chi connectivity index (χ4n) is 1.73. The maximum Gasteiger partial charge on any atom is 0.0613 e. The Morgan fingerprint density at radius 2 is 1.92 bits per heavy atom. The van der Waals surface area contributed by atoms with Gasteiger partial charge in [0.2, 0.25) is 0 Å². The van der Waals surface area contributed by atoms with Crippen LogP contribution in [0.5, 0.6) is 0 Å². The largest absolute Gasteiger partial charge is 0.394 e. The summed E-state index contributed by atoms with van der Waals surface area (Å²) in [6.45, 7) is 5.63. The molecule has 0 aromatic heterocycles. The standard InChI is InChI=1S/C11H23NO/c1-3-11(4-2,9-13)12-8-7-10-5-6-10/h10,12-13H,3-9H2,1-2H3. The first kappa shape index (κ1) is 11.0. The lowest BCUT2D eigenvalue weighted by Crippen LogP contribution is -2.47. The van der Waals surface area contributed by atoms with Crippen molar-refractivity contribution in [2.45, 2.75) is 51.5 Å². The van der Waals surface area contributed by atoms with Crippen molar-refractivity contribution in [2.24, 2.45) is 5.92 Å². The third kappa shape index (κ3) is 3.28. The minimum absolute atomic E-state index is 0.00507. The predicted molar refractivity (Wildman–Crippen MR) is 55.7 cm³/mol. The summed E-state index contributed by atoms with van der Waals surface area (Å²) in [7, 11) is 0. The highest BCUT2D eigenvalue weighted by Gasteiger charge is 2.26. The zero-order chi connectivity index (χ0) is 9.73. The Bertz CT molecular complexity index is 131. The molecule has 13 heavy (non-hydrogen) atoms. The number of hydrogen-bond acceptors (Lipinski definition) is 2. The molecule has 0 aliphatic heterocycles. The lowest BCUT2D eigenvalue weighted by Gasteiger charge is -2.31. The van der Waals surface area contributed by atoms with Crippen LogP contribution in [-0.4, -0.2) is 23.8 Å². The van der Waals surface area contributed by atoms with Crippen LogP contribution < -0.4 is 5.32 Å². The minimum atomic E-state index is -0.00507. The second kappa shape index (κ2) is 4.97. The van der Waals surface area contributed by atoms with Crippen LogP contribution in [0.25, 0.3) is 0 Å². The van der Waals surface area contributed by atoms with Crippen molar-refractivity contribution >= 4 is 0 Å². The summed E-state index contributed by atoms with van der Waals surface area (Å²) in [4.78, 5) is 0. The Morgan fingerprint density at radius 3 is 2.31 bits per heavy atom. The first-order valence-corrected chi connectivity index (χ1v) is 5.62. The van der Waals surface area contributed by atoms with Crippen LogP contribution in [0, 0.1) is 5.92 Å². The molecule has 0 radical (unpaired) electrons. The summed E-state index contributed by atoms with van der Waals surface area (Å²) in [5.41, 5.74) is -0.00507. The molecule has 1 saturated carbocycles. The molecule has 0 atom stereocenters. The van der Waals surface area contributed by atoms with Crippen molar-refractivity contribution in [2.75, 3.05) is 13.2 Å². The maximum atomic E-state index is 9.29. The summed E-state index contributed by atoms with van der Waals surface area (Å²) in [6, 6.07) is 0. The van der Waals surface area contributed by atoms with E-state index in [4.69, 9.17) is 0 Å². The van der Waals surface area contributed by atoms with Crippen molar-refractivity contribution in [3.05, 3.63) is 0 Å². The minimum Gasteiger partial charge on any atom is -0.394 e. The van der Waals surface area contributed by atoms with E-state index in [0.717, 1.165) is 25.3 Å². The van der Waals surface area contributed by atoms with Crippen LogP contribution in [0.1, 0.15) is 46.0 Å². The maximum absolute atomic E-state index is 9.29. The average Bonchev–Trinajstić information content (AvgIpc) is 2.97. The van der Waals surface area contributed by atoms with Gasteiger partial charge in [-0.2, -0.15) is 0 Å². The molecule has 0 saturated heterocycles. The van der Waals surface area contributed by atoms with Gasteiger partial charge in [-0.15, -0.1) is 0 Å². The number of nitrogens with one attached hydrogen (secondary N) is 1. The van der Waals surface area contributed by atoms with Gasteiger partial charge in [0.25, 0.3) is 0 Å².